The molecule has 7 fully saturated rings. The first-order chi connectivity index (χ1) is 29.4. The summed E-state index contributed by atoms with van der Waals surface area (Å²) in [5.41, 5.74) is 0.997. The number of ether oxygens (including phenoxy) is 7. The molecule has 354 valence electrons. The van der Waals surface area contributed by atoms with Gasteiger partial charge in [0.05, 0.1) is 31.0 Å². The minimum Gasteiger partial charge on any atom is -0.394 e. The van der Waals surface area contributed by atoms with Gasteiger partial charge in [-0.05, 0) is 119 Å². The highest BCUT2D eigenvalue weighted by Crippen LogP contribution is 2.67. The molecule has 0 spiro atoms. The summed E-state index contributed by atoms with van der Waals surface area (Å²) in [7, 11) is 0. The van der Waals surface area contributed by atoms with Crippen molar-refractivity contribution in [3.05, 3.63) is 11.6 Å². The number of rotatable bonds is 10. The zero-order valence-corrected chi connectivity index (χ0v) is 36.6. The lowest BCUT2D eigenvalue weighted by atomic mass is 9.46. The molecule has 8 aliphatic rings. The Morgan fingerprint density at radius 2 is 1.31 bits per heavy atom. The Kier molecular flexibility index (Phi) is 14.1. The van der Waals surface area contributed by atoms with Crippen molar-refractivity contribution in [2.45, 2.75) is 216 Å². The van der Waals surface area contributed by atoms with Crippen LogP contribution in [0.25, 0.3) is 0 Å². The van der Waals surface area contributed by atoms with Crippen LogP contribution in [0.2, 0.25) is 0 Å². The molecule has 17 nitrogen and oxygen atoms in total. The van der Waals surface area contributed by atoms with Gasteiger partial charge < -0.3 is 79.1 Å². The van der Waals surface area contributed by atoms with Gasteiger partial charge in [-0.2, -0.15) is 0 Å². The van der Waals surface area contributed by atoms with Crippen LogP contribution in [0, 0.1) is 40.4 Å². The maximum absolute atomic E-state index is 14.5. The highest BCUT2D eigenvalue weighted by Gasteiger charge is 2.61. The molecule has 0 aromatic rings. The predicted molar refractivity (Wildman–Crippen MR) is 215 cm³/mol. The molecule has 3 saturated carbocycles. The number of carbonyl (C=O) groups excluding carboxylic acids is 1. The second-order valence-corrected chi connectivity index (χ2v) is 20.4. The van der Waals surface area contributed by atoms with Gasteiger partial charge >= 0.3 is 0 Å². The predicted octanol–water partition coefficient (Wildman–Crippen LogP) is 0.547. The Hall–Kier alpha value is -1.23. The first-order valence-corrected chi connectivity index (χ1v) is 23.3. The van der Waals surface area contributed by atoms with Crippen molar-refractivity contribution in [3.63, 3.8) is 0 Å². The third kappa shape index (κ3) is 8.30. The van der Waals surface area contributed by atoms with Gasteiger partial charge in [0.1, 0.15) is 61.0 Å². The molecule has 0 amide bonds. The highest BCUT2D eigenvalue weighted by atomic mass is 16.8. The van der Waals surface area contributed by atoms with Crippen LogP contribution in [0.1, 0.15) is 105 Å². The second-order valence-electron chi connectivity index (χ2n) is 20.4. The summed E-state index contributed by atoms with van der Waals surface area (Å²) in [4.78, 5) is 14.5. The van der Waals surface area contributed by atoms with E-state index in [2.05, 4.69) is 13.8 Å². The van der Waals surface area contributed by atoms with Gasteiger partial charge in [0.2, 0.25) is 0 Å². The van der Waals surface area contributed by atoms with Crippen LogP contribution in [0.3, 0.4) is 0 Å². The van der Waals surface area contributed by atoms with Crippen molar-refractivity contribution in [2.75, 3.05) is 6.61 Å². The van der Waals surface area contributed by atoms with E-state index in [1.807, 2.05) is 13.0 Å². The van der Waals surface area contributed by atoms with Crippen molar-refractivity contribution in [3.8, 4) is 0 Å². The molecule has 4 heterocycles. The Bertz CT molecular complexity index is 1600. The second kappa shape index (κ2) is 18.5. The van der Waals surface area contributed by atoms with E-state index in [1.54, 1.807) is 6.92 Å². The lowest BCUT2D eigenvalue weighted by Gasteiger charge is -2.58. The molecule has 0 aromatic carbocycles. The zero-order chi connectivity index (χ0) is 44.6. The van der Waals surface area contributed by atoms with Crippen molar-refractivity contribution >= 4 is 5.78 Å². The van der Waals surface area contributed by atoms with E-state index in [0.717, 1.165) is 57.8 Å². The summed E-state index contributed by atoms with van der Waals surface area (Å²) in [6, 6.07) is 0. The number of ketones is 1. The summed E-state index contributed by atoms with van der Waals surface area (Å²) in [6.07, 6.45) is -10.2. The van der Waals surface area contributed by atoms with Gasteiger partial charge in [0, 0.05) is 11.8 Å². The van der Waals surface area contributed by atoms with Crippen LogP contribution in [0.15, 0.2) is 11.6 Å². The van der Waals surface area contributed by atoms with Crippen LogP contribution < -0.4 is 0 Å². The Balaban J connectivity index is 0.937. The fraction of sp³-hybridized carbons (Fsp3) is 0.933. The van der Waals surface area contributed by atoms with E-state index in [0.29, 0.717) is 18.8 Å². The molecular weight excluding hydrogens is 812 g/mol. The average Bonchev–Trinajstić information content (AvgIpc) is 3.59. The average molecular weight is 885 g/mol. The number of aliphatic hydroxyl groups excluding tert-OH is 9. The van der Waals surface area contributed by atoms with Gasteiger partial charge in [-0.1, -0.05) is 26.3 Å². The van der Waals surface area contributed by atoms with Gasteiger partial charge in [0.15, 0.2) is 30.9 Å². The first-order valence-electron chi connectivity index (χ1n) is 23.3. The van der Waals surface area contributed by atoms with Crippen LogP contribution >= 0.6 is 0 Å². The van der Waals surface area contributed by atoms with Crippen LogP contribution in [0.5, 0.6) is 0 Å². The van der Waals surface area contributed by atoms with E-state index in [9.17, 15) is 50.8 Å². The van der Waals surface area contributed by atoms with Gasteiger partial charge in [-0.3, -0.25) is 4.79 Å². The van der Waals surface area contributed by atoms with Gasteiger partial charge in [-0.15, -0.1) is 0 Å². The van der Waals surface area contributed by atoms with Gasteiger partial charge in [-0.25, -0.2) is 0 Å². The number of allylic oxidation sites excluding steroid dienone is 2. The molecule has 0 radical (unpaired) electrons. The molecule has 0 bridgehead atoms. The Labute approximate surface area is 363 Å². The van der Waals surface area contributed by atoms with E-state index in [1.165, 1.54) is 12.5 Å². The van der Waals surface area contributed by atoms with Crippen molar-refractivity contribution in [1.29, 1.82) is 0 Å². The molecule has 4 saturated heterocycles. The maximum Gasteiger partial charge on any atom is 0.189 e. The molecule has 25 atom stereocenters. The van der Waals surface area contributed by atoms with E-state index in [-0.39, 0.29) is 46.4 Å². The molecular formula is C45H72O17. The number of fused-ring (bicyclic) bond motifs is 5. The minimum atomic E-state index is -1.68. The van der Waals surface area contributed by atoms with E-state index in [4.69, 9.17) is 33.2 Å². The SMILES string of the molecule is CCC12CC[C@H](OC3OC(CO)C(O)C(O)C3OC3OC(C)C(O)C(O)C3O)CC1C(=O)C=C1C2CC[C@]2(C)C(CC3CC[C@@H](C)C(OC4OC(C)C(O)C(O)C4O)O3)CCC12. The van der Waals surface area contributed by atoms with Crippen molar-refractivity contribution in [2.24, 2.45) is 40.4 Å². The monoisotopic (exact) mass is 884 g/mol. The maximum atomic E-state index is 14.5. The summed E-state index contributed by atoms with van der Waals surface area (Å²) in [5, 5.41) is 94.4. The Morgan fingerprint density at radius 1 is 0.645 bits per heavy atom. The van der Waals surface area contributed by atoms with Crippen molar-refractivity contribution in [1.82, 2.24) is 0 Å². The number of carbonyl (C=O) groups is 1. The summed E-state index contributed by atoms with van der Waals surface area (Å²) in [5.74, 6) is 0.687. The third-order valence-corrected chi connectivity index (χ3v) is 17.0. The lowest BCUT2D eigenvalue weighted by molar-refractivity contribution is -0.370. The summed E-state index contributed by atoms with van der Waals surface area (Å²) >= 11 is 0. The number of hydrogen-bond donors (Lipinski definition) is 9. The fourth-order valence-electron chi connectivity index (χ4n) is 13.1. The summed E-state index contributed by atoms with van der Waals surface area (Å²) < 4.78 is 42.5. The zero-order valence-electron chi connectivity index (χ0n) is 36.6. The molecule has 62 heavy (non-hydrogen) atoms. The first kappa shape index (κ1) is 47.3. The lowest BCUT2D eigenvalue weighted by Crippen LogP contribution is -2.64. The van der Waals surface area contributed by atoms with E-state index >= 15 is 0 Å². The molecule has 8 rings (SSSR count). The fourth-order valence-corrected chi connectivity index (χ4v) is 13.1. The number of aliphatic hydroxyl groups is 9. The largest absolute Gasteiger partial charge is 0.394 e. The van der Waals surface area contributed by atoms with Gasteiger partial charge in [0.25, 0.3) is 0 Å². The summed E-state index contributed by atoms with van der Waals surface area (Å²) in [6.45, 7) is 9.12. The molecule has 22 unspecified atom stereocenters. The third-order valence-electron chi connectivity index (χ3n) is 17.0. The van der Waals surface area contributed by atoms with E-state index < -0.39 is 111 Å². The van der Waals surface area contributed by atoms with Crippen LogP contribution in [-0.2, 0) is 38.0 Å². The van der Waals surface area contributed by atoms with Crippen molar-refractivity contribution < 1.29 is 83.9 Å². The van der Waals surface area contributed by atoms with Crippen LogP contribution in [-0.4, -0.2) is 169 Å². The number of hydrogen-bond acceptors (Lipinski definition) is 17. The Morgan fingerprint density at radius 3 is 1.95 bits per heavy atom. The molecule has 0 aromatic heterocycles. The quantitative estimate of drug-likeness (QED) is 0.145. The van der Waals surface area contributed by atoms with Crippen LogP contribution in [0.4, 0.5) is 0 Å². The smallest absolute Gasteiger partial charge is 0.189 e. The standard InChI is InChI=1S/C45H72O17/c1-6-45-14-11-24(59-43-39(36(53)33(50)30(18-46)60-43)61-41-37(54)34(51)31(48)20(3)56-41)16-28(45)29(47)17-25-26-10-8-22(44(26,5)13-12-27(25)45)15-23-9-7-19(2)40(58-23)62-42-38(55)35(52)32(49)21(4)57-42/h17,19-24,26-28,30-43,46,48-55H,6-16,18H2,1-5H3/t19-,20?,21?,22?,23?,24+,26?,27?,28?,30?,31?,32?,33?,34?,35?,36?,37?,38?,39?,40?,41?,42?,43?,44-,45?/m1/s1. The highest BCUT2D eigenvalue weighted by molar-refractivity contribution is 5.94. The molecule has 4 aliphatic heterocycles. The normalized spacial score (nSPS) is 54.6. The minimum absolute atomic E-state index is 0.0185. The molecule has 9 N–H and O–H groups in total. The topological polar surface area (TPSA) is 264 Å². The molecule has 17 heteroatoms. The molecule has 4 aliphatic carbocycles.